The van der Waals surface area contributed by atoms with E-state index in [2.05, 4.69) is 25.6 Å². The number of benzene rings is 2. The molecule has 18 heteroatoms. The maximum Gasteiger partial charge on any atom is 0.453 e. The lowest BCUT2D eigenvalue weighted by Gasteiger charge is -2.27. The minimum atomic E-state index is -4.76. The third-order valence-electron chi connectivity index (χ3n) is 7.79. The second-order valence-electron chi connectivity index (χ2n) is 12.6. The minimum absolute atomic E-state index is 0.136. The first-order chi connectivity index (χ1) is 23.0. The van der Waals surface area contributed by atoms with Crippen molar-refractivity contribution in [3.8, 4) is 17.1 Å². The van der Waals surface area contributed by atoms with Gasteiger partial charge in [-0.15, -0.1) is 10.2 Å². The Labute approximate surface area is 275 Å². The molecular weight excluding hydrogens is 662 g/mol. The number of nitrogens with zero attached hydrogens (tertiary/aromatic N) is 7. The van der Waals surface area contributed by atoms with Crippen LogP contribution in [0.25, 0.3) is 17.1 Å². The maximum atomic E-state index is 15.9. The van der Waals surface area contributed by atoms with E-state index in [-0.39, 0.29) is 35.4 Å². The number of ether oxygens (including phenoxy) is 1. The SMILES string of the molecule is CC(C)(C)OC(=O)NC1CC(F)(F)c2cc(F)c(-c3nnc(N4CCCC4)o3)cc2N(Cc2ccc(-n3cnc(C(F)(F)F)n3)cc2)C1=O. The van der Waals surface area contributed by atoms with E-state index in [1.54, 1.807) is 20.8 Å². The highest BCUT2D eigenvalue weighted by Crippen LogP contribution is 2.45. The highest BCUT2D eigenvalue weighted by molar-refractivity contribution is 6.00. The van der Waals surface area contributed by atoms with Gasteiger partial charge in [-0.25, -0.2) is 27.6 Å². The van der Waals surface area contributed by atoms with Gasteiger partial charge in [-0.2, -0.15) is 13.2 Å². The molecule has 0 bridgehead atoms. The molecular formula is C31H30F6N8O4. The van der Waals surface area contributed by atoms with Gasteiger partial charge < -0.3 is 24.3 Å². The standard InChI is InChI=1S/C31H30F6N8O4/c1-29(2,3)49-28(47)39-22-14-30(33,34)20-13-21(32)19(24-40-41-27(48-24)43-10-4-5-11-43)12-23(20)44(25(22)46)15-17-6-8-18(9-7-17)45-16-38-26(42-45)31(35,36)37/h6-9,12-13,16,22H,4-5,10-11,14-15H2,1-3H3,(H,39,47). The first-order valence-corrected chi connectivity index (χ1v) is 15.2. The minimum Gasteiger partial charge on any atom is -0.444 e. The number of alkyl carbamates (subject to hydrolysis) is 1. The lowest BCUT2D eigenvalue weighted by atomic mass is 9.99. The van der Waals surface area contributed by atoms with E-state index in [4.69, 9.17) is 9.15 Å². The number of rotatable bonds is 6. The van der Waals surface area contributed by atoms with Crippen molar-refractivity contribution in [3.63, 3.8) is 0 Å². The van der Waals surface area contributed by atoms with Crippen molar-refractivity contribution in [1.29, 1.82) is 0 Å². The quantitative estimate of drug-likeness (QED) is 0.242. The average molecular weight is 693 g/mol. The average Bonchev–Trinajstić information content (AvgIpc) is 3.79. The molecule has 1 fully saturated rings. The van der Waals surface area contributed by atoms with E-state index in [1.807, 2.05) is 4.90 Å². The Kier molecular flexibility index (Phi) is 8.52. The summed E-state index contributed by atoms with van der Waals surface area (Å²) in [4.78, 5) is 32.7. The van der Waals surface area contributed by atoms with E-state index >= 15 is 13.2 Å². The predicted molar refractivity (Wildman–Crippen MR) is 160 cm³/mol. The molecule has 2 amide bonds. The number of anilines is 2. The van der Waals surface area contributed by atoms with Gasteiger partial charge in [0.15, 0.2) is 0 Å². The van der Waals surface area contributed by atoms with Crippen molar-refractivity contribution in [2.24, 2.45) is 0 Å². The number of hydrogen-bond donors (Lipinski definition) is 1. The Morgan fingerprint density at radius 1 is 1.08 bits per heavy atom. The highest BCUT2D eigenvalue weighted by Gasteiger charge is 2.47. The molecule has 49 heavy (non-hydrogen) atoms. The van der Waals surface area contributed by atoms with E-state index in [0.29, 0.717) is 24.7 Å². The largest absolute Gasteiger partial charge is 0.453 e. The summed E-state index contributed by atoms with van der Waals surface area (Å²) < 4.78 is 98.3. The summed E-state index contributed by atoms with van der Waals surface area (Å²) in [5.74, 6) is -7.51. The van der Waals surface area contributed by atoms with Crippen molar-refractivity contribution in [2.45, 2.75) is 70.3 Å². The van der Waals surface area contributed by atoms with Crippen molar-refractivity contribution >= 4 is 23.7 Å². The lowest BCUT2D eigenvalue weighted by Crippen LogP contribution is -2.49. The summed E-state index contributed by atoms with van der Waals surface area (Å²) in [5, 5.41) is 13.6. The van der Waals surface area contributed by atoms with Gasteiger partial charge in [0.1, 0.15) is 23.8 Å². The van der Waals surface area contributed by atoms with Gasteiger partial charge in [-0.3, -0.25) is 4.79 Å². The van der Waals surface area contributed by atoms with Crippen LogP contribution in [0.4, 0.5) is 42.8 Å². The summed E-state index contributed by atoms with van der Waals surface area (Å²) in [7, 11) is 0. The van der Waals surface area contributed by atoms with Crippen LogP contribution in [0.1, 0.15) is 57.0 Å². The number of alkyl halides is 5. The van der Waals surface area contributed by atoms with Crippen LogP contribution in [0.3, 0.4) is 0 Å². The Morgan fingerprint density at radius 2 is 1.78 bits per heavy atom. The third kappa shape index (κ3) is 7.17. The topological polar surface area (TPSA) is 132 Å². The van der Waals surface area contributed by atoms with Crippen LogP contribution in [0.2, 0.25) is 0 Å². The number of nitrogens with one attached hydrogen (secondary N) is 1. The molecule has 260 valence electrons. The number of amides is 2. The van der Waals surface area contributed by atoms with Gasteiger partial charge in [0.05, 0.1) is 23.5 Å². The van der Waals surface area contributed by atoms with E-state index < -0.39 is 59.4 Å². The van der Waals surface area contributed by atoms with Crippen LogP contribution in [-0.4, -0.2) is 61.7 Å². The van der Waals surface area contributed by atoms with Crippen LogP contribution in [0, 0.1) is 5.82 Å². The van der Waals surface area contributed by atoms with Crippen molar-refractivity contribution in [1.82, 2.24) is 30.3 Å². The summed E-state index contributed by atoms with van der Waals surface area (Å²) in [6.07, 6.45) is -4.42. The molecule has 2 aliphatic heterocycles. The maximum absolute atomic E-state index is 15.9. The van der Waals surface area contributed by atoms with Crippen molar-refractivity contribution < 1.29 is 45.1 Å². The van der Waals surface area contributed by atoms with Crippen LogP contribution < -0.4 is 15.1 Å². The molecule has 6 rings (SSSR count). The lowest BCUT2D eigenvalue weighted by molar-refractivity contribution is -0.144. The summed E-state index contributed by atoms with van der Waals surface area (Å²) in [6.45, 7) is 5.60. The van der Waals surface area contributed by atoms with Gasteiger partial charge in [0.2, 0.25) is 5.91 Å². The second-order valence-corrected chi connectivity index (χ2v) is 12.6. The van der Waals surface area contributed by atoms with Crippen molar-refractivity contribution in [2.75, 3.05) is 22.9 Å². The van der Waals surface area contributed by atoms with Crippen molar-refractivity contribution in [3.05, 3.63) is 65.5 Å². The number of halogens is 6. The zero-order chi connectivity index (χ0) is 35.3. The Bertz CT molecular complexity index is 1860. The first kappa shape index (κ1) is 33.7. The molecule has 0 aliphatic carbocycles. The third-order valence-corrected chi connectivity index (χ3v) is 7.79. The fraction of sp³-hybridized carbons (Fsp3) is 0.419. The van der Waals surface area contributed by atoms with Crippen LogP contribution >= 0.6 is 0 Å². The molecule has 4 heterocycles. The summed E-state index contributed by atoms with van der Waals surface area (Å²) in [5.41, 5.74) is -2.00. The molecule has 12 nitrogen and oxygen atoms in total. The number of aromatic nitrogens is 5. The molecule has 0 spiro atoms. The van der Waals surface area contributed by atoms with Crippen LogP contribution in [0.15, 0.2) is 47.1 Å². The zero-order valence-corrected chi connectivity index (χ0v) is 26.4. The highest BCUT2D eigenvalue weighted by atomic mass is 19.4. The van der Waals surface area contributed by atoms with E-state index in [0.717, 1.165) is 34.8 Å². The fourth-order valence-corrected chi connectivity index (χ4v) is 5.54. The fourth-order valence-electron chi connectivity index (χ4n) is 5.54. The number of carbonyl (C=O) groups excluding carboxylic acids is 2. The number of carbonyl (C=O) groups is 2. The number of hydrogen-bond acceptors (Lipinski definition) is 9. The molecule has 2 aromatic carbocycles. The van der Waals surface area contributed by atoms with Crippen LogP contribution in [-0.2, 0) is 28.2 Å². The Hall–Kier alpha value is -5.16. The van der Waals surface area contributed by atoms with E-state index in [1.165, 1.54) is 24.3 Å². The van der Waals surface area contributed by atoms with Gasteiger partial charge >= 0.3 is 18.3 Å². The molecule has 4 aromatic rings. The van der Waals surface area contributed by atoms with Gasteiger partial charge in [0, 0.05) is 25.1 Å². The second kappa shape index (κ2) is 12.4. The molecule has 1 N–H and O–H groups in total. The molecule has 2 aromatic heterocycles. The Morgan fingerprint density at radius 3 is 2.41 bits per heavy atom. The zero-order valence-electron chi connectivity index (χ0n) is 26.4. The molecule has 0 radical (unpaired) electrons. The predicted octanol–water partition coefficient (Wildman–Crippen LogP) is 6.00. The summed E-state index contributed by atoms with van der Waals surface area (Å²) in [6, 6.07) is 5.64. The monoisotopic (exact) mass is 692 g/mol. The molecule has 1 atom stereocenters. The molecule has 0 saturated carbocycles. The van der Waals surface area contributed by atoms with Crippen LogP contribution in [0.5, 0.6) is 0 Å². The first-order valence-electron chi connectivity index (χ1n) is 15.2. The van der Waals surface area contributed by atoms with E-state index in [9.17, 15) is 22.8 Å². The smallest absolute Gasteiger partial charge is 0.444 e. The summed E-state index contributed by atoms with van der Waals surface area (Å²) >= 11 is 0. The Balaban J connectivity index is 1.38. The van der Waals surface area contributed by atoms with Gasteiger partial charge in [0.25, 0.3) is 17.6 Å². The molecule has 1 saturated heterocycles. The number of fused-ring (bicyclic) bond motifs is 1. The van der Waals surface area contributed by atoms with Gasteiger partial charge in [-0.05, 0) is 63.4 Å². The normalized spacial score (nSPS) is 18.0. The molecule has 2 aliphatic rings. The van der Waals surface area contributed by atoms with Gasteiger partial charge in [-0.1, -0.05) is 17.2 Å². The molecule has 1 unspecified atom stereocenters.